The lowest BCUT2D eigenvalue weighted by atomic mass is 10.0. The zero-order chi connectivity index (χ0) is 16.9. The highest BCUT2D eigenvalue weighted by molar-refractivity contribution is 6.31. The number of anilines is 1. The fourth-order valence-corrected chi connectivity index (χ4v) is 3.04. The van der Waals surface area contributed by atoms with Crippen molar-refractivity contribution in [3.63, 3.8) is 0 Å². The lowest BCUT2D eigenvalue weighted by Crippen LogP contribution is -2.43. The third-order valence-corrected chi connectivity index (χ3v) is 4.55. The van der Waals surface area contributed by atoms with Gasteiger partial charge in [-0.3, -0.25) is 9.59 Å². The molecule has 5 nitrogen and oxygen atoms in total. The van der Waals surface area contributed by atoms with E-state index in [4.69, 9.17) is 11.6 Å². The molecule has 24 heavy (non-hydrogen) atoms. The smallest absolute Gasteiger partial charge is 0.250 e. The first-order valence-corrected chi connectivity index (χ1v) is 8.49. The van der Waals surface area contributed by atoms with E-state index in [1.54, 1.807) is 22.9 Å². The molecule has 1 aliphatic rings. The molecule has 3 rings (SSSR count). The molecular formula is C18H20ClN3O2. The molecule has 1 saturated heterocycles. The maximum absolute atomic E-state index is 12.3. The summed E-state index contributed by atoms with van der Waals surface area (Å²) in [6, 6.07) is 10.3. The normalized spacial score (nSPS) is 17.5. The van der Waals surface area contributed by atoms with Crippen molar-refractivity contribution in [2.75, 3.05) is 11.9 Å². The van der Waals surface area contributed by atoms with E-state index in [1.165, 1.54) is 6.07 Å². The number of nitrogens with zero attached hydrogens (tertiary/aromatic N) is 1. The second-order valence-electron chi connectivity index (χ2n) is 5.97. The van der Waals surface area contributed by atoms with Crippen molar-refractivity contribution < 1.29 is 4.79 Å². The van der Waals surface area contributed by atoms with Crippen LogP contribution in [0.2, 0.25) is 5.02 Å². The van der Waals surface area contributed by atoms with Gasteiger partial charge in [0.05, 0.1) is 18.3 Å². The SMILES string of the molecule is O=C(Nc1ccc(=O)n(Cc2ccccc2Cl)c1)C1CCCCN1. The summed E-state index contributed by atoms with van der Waals surface area (Å²) in [5.41, 5.74) is 1.33. The van der Waals surface area contributed by atoms with Gasteiger partial charge in [-0.2, -0.15) is 0 Å². The van der Waals surface area contributed by atoms with Gasteiger partial charge in [0, 0.05) is 17.3 Å². The van der Waals surface area contributed by atoms with Crippen molar-refractivity contribution in [3.05, 3.63) is 63.5 Å². The summed E-state index contributed by atoms with van der Waals surface area (Å²) in [6.07, 6.45) is 4.65. The lowest BCUT2D eigenvalue weighted by Gasteiger charge is -2.22. The molecule has 6 heteroatoms. The zero-order valence-electron chi connectivity index (χ0n) is 13.3. The van der Waals surface area contributed by atoms with Crippen LogP contribution in [0.4, 0.5) is 5.69 Å². The summed E-state index contributed by atoms with van der Waals surface area (Å²) >= 11 is 6.16. The van der Waals surface area contributed by atoms with Gasteiger partial charge in [0.1, 0.15) is 0 Å². The van der Waals surface area contributed by atoms with E-state index in [2.05, 4.69) is 10.6 Å². The molecule has 2 heterocycles. The number of piperidine rings is 1. The Bertz CT molecular complexity index is 782. The van der Waals surface area contributed by atoms with Crippen LogP contribution in [0.25, 0.3) is 0 Å². The molecule has 1 fully saturated rings. The molecule has 1 amide bonds. The minimum atomic E-state index is -0.164. The van der Waals surface area contributed by atoms with E-state index in [-0.39, 0.29) is 17.5 Å². The van der Waals surface area contributed by atoms with Crippen LogP contribution in [-0.2, 0) is 11.3 Å². The highest BCUT2D eigenvalue weighted by Crippen LogP contribution is 2.16. The predicted molar refractivity (Wildman–Crippen MR) is 95.5 cm³/mol. The molecule has 2 N–H and O–H groups in total. The number of hydrogen-bond donors (Lipinski definition) is 2. The third kappa shape index (κ3) is 4.04. The maximum Gasteiger partial charge on any atom is 0.250 e. The first-order chi connectivity index (χ1) is 11.6. The first-order valence-electron chi connectivity index (χ1n) is 8.11. The number of rotatable bonds is 4. The van der Waals surface area contributed by atoms with Crippen LogP contribution >= 0.6 is 11.6 Å². The molecule has 1 atom stereocenters. The minimum Gasteiger partial charge on any atom is -0.323 e. The molecule has 2 aromatic rings. The lowest BCUT2D eigenvalue weighted by molar-refractivity contribution is -0.118. The van der Waals surface area contributed by atoms with E-state index in [0.29, 0.717) is 17.3 Å². The number of carbonyl (C=O) groups is 1. The van der Waals surface area contributed by atoms with Gasteiger partial charge in [-0.1, -0.05) is 36.2 Å². The van der Waals surface area contributed by atoms with Gasteiger partial charge in [-0.05, 0) is 37.1 Å². The number of amides is 1. The molecule has 0 spiro atoms. The molecule has 1 aromatic carbocycles. The van der Waals surface area contributed by atoms with Crippen LogP contribution in [0.3, 0.4) is 0 Å². The van der Waals surface area contributed by atoms with Crippen molar-refractivity contribution in [2.24, 2.45) is 0 Å². The van der Waals surface area contributed by atoms with Crippen LogP contribution in [-0.4, -0.2) is 23.1 Å². The number of hydrogen-bond acceptors (Lipinski definition) is 3. The Labute approximate surface area is 145 Å². The molecule has 0 aliphatic carbocycles. The fourth-order valence-electron chi connectivity index (χ4n) is 2.84. The van der Waals surface area contributed by atoms with Gasteiger partial charge in [-0.25, -0.2) is 0 Å². The average Bonchev–Trinajstić information content (AvgIpc) is 2.60. The number of pyridine rings is 1. The van der Waals surface area contributed by atoms with Crippen LogP contribution in [0.5, 0.6) is 0 Å². The van der Waals surface area contributed by atoms with E-state index >= 15 is 0 Å². The Kier molecular flexibility index (Phi) is 5.33. The summed E-state index contributed by atoms with van der Waals surface area (Å²) in [4.78, 5) is 24.4. The van der Waals surface area contributed by atoms with Crippen LogP contribution < -0.4 is 16.2 Å². The highest BCUT2D eigenvalue weighted by atomic mass is 35.5. The zero-order valence-corrected chi connectivity index (χ0v) is 14.1. The molecule has 0 bridgehead atoms. The molecule has 0 saturated carbocycles. The molecular weight excluding hydrogens is 326 g/mol. The van der Waals surface area contributed by atoms with Crippen LogP contribution in [0.15, 0.2) is 47.4 Å². The third-order valence-electron chi connectivity index (χ3n) is 4.18. The van der Waals surface area contributed by atoms with Crippen molar-refractivity contribution >= 4 is 23.2 Å². The minimum absolute atomic E-state index is 0.0577. The van der Waals surface area contributed by atoms with Gasteiger partial charge in [0.25, 0.3) is 5.56 Å². The van der Waals surface area contributed by atoms with Gasteiger partial charge in [-0.15, -0.1) is 0 Å². The Balaban J connectivity index is 1.75. The number of halogens is 1. The maximum atomic E-state index is 12.3. The topological polar surface area (TPSA) is 63.1 Å². The van der Waals surface area contributed by atoms with Gasteiger partial charge in [0.15, 0.2) is 0 Å². The first kappa shape index (κ1) is 16.7. The fraction of sp³-hybridized carbons (Fsp3) is 0.333. The Hall–Kier alpha value is -2.11. The van der Waals surface area contributed by atoms with E-state index in [0.717, 1.165) is 31.4 Å². The predicted octanol–water partition coefficient (Wildman–Crippen LogP) is 2.63. The van der Waals surface area contributed by atoms with Crippen molar-refractivity contribution in [3.8, 4) is 0 Å². The Morgan fingerprint density at radius 2 is 2.08 bits per heavy atom. The van der Waals surface area contributed by atoms with Crippen LogP contribution in [0.1, 0.15) is 24.8 Å². The summed E-state index contributed by atoms with van der Waals surface area (Å²) < 4.78 is 1.55. The molecule has 1 aromatic heterocycles. The largest absolute Gasteiger partial charge is 0.323 e. The number of carbonyl (C=O) groups excluding carboxylic acids is 1. The second-order valence-corrected chi connectivity index (χ2v) is 6.37. The van der Waals surface area contributed by atoms with Crippen LogP contribution in [0, 0.1) is 0 Å². The second kappa shape index (κ2) is 7.64. The molecule has 1 unspecified atom stereocenters. The standard InChI is InChI=1S/C18H20ClN3O2/c19-15-6-2-1-5-13(15)11-22-12-14(8-9-17(22)23)21-18(24)16-7-3-4-10-20-16/h1-2,5-6,8-9,12,16,20H,3-4,7,10-11H2,(H,21,24). The Morgan fingerprint density at radius 3 is 2.83 bits per heavy atom. The monoisotopic (exact) mass is 345 g/mol. The average molecular weight is 346 g/mol. The van der Waals surface area contributed by atoms with Crippen molar-refractivity contribution in [1.82, 2.24) is 9.88 Å². The van der Waals surface area contributed by atoms with E-state index in [1.807, 2.05) is 18.2 Å². The summed E-state index contributed by atoms with van der Waals surface area (Å²) in [6.45, 7) is 1.23. The van der Waals surface area contributed by atoms with Gasteiger partial charge in [0.2, 0.25) is 5.91 Å². The number of nitrogens with one attached hydrogen (secondary N) is 2. The summed E-state index contributed by atoms with van der Waals surface area (Å²) in [5, 5.41) is 6.72. The van der Waals surface area contributed by atoms with E-state index < -0.39 is 0 Å². The number of benzene rings is 1. The van der Waals surface area contributed by atoms with Gasteiger partial charge >= 0.3 is 0 Å². The van der Waals surface area contributed by atoms with E-state index in [9.17, 15) is 9.59 Å². The Morgan fingerprint density at radius 1 is 1.25 bits per heavy atom. The summed E-state index contributed by atoms with van der Waals surface area (Å²) in [5.74, 6) is -0.0577. The highest BCUT2D eigenvalue weighted by Gasteiger charge is 2.20. The van der Waals surface area contributed by atoms with Gasteiger partial charge < -0.3 is 15.2 Å². The molecule has 1 aliphatic heterocycles. The quantitative estimate of drug-likeness (QED) is 0.895. The van der Waals surface area contributed by atoms with Crippen molar-refractivity contribution in [2.45, 2.75) is 31.8 Å². The molecule has 0 radical (unpaired) electrons. The van der Waals surface area contributed by atoms with Crippen molar-refractivity contribution in [1.29, 1.82) is 0 Å². The number of aromatic nitrogens is 1. The molecule has 126 valence electrons. The summed E-state index contributed by atoms with van der Waals surface area (Å²) in [7, 11) is 0.